The molecule has 4 aromatic rings. The van der Waals surface area contributed by atoms with Crippen molar-refractivity contribution in [3.63, 3.8) is 0 Å². The molecule has 2 heterocycles. The maximum absolute atomic E-state index is 11.2. The molecular weight excluding hydrogens is 524 g/mol. The minimum Gasteiger partial charge on any atom is -0.378 e. The minimum atomic E-state index is -0.310. The summed E-state index contributed by atoms with van der Waals surface area (Å²) in [5, 5.41) is 3.28. The van der Waals surface area contributed by atoms with E-state index >= 15 is 0 Å². The quantitative estimate of drug-likeness (QED) is 0.200. The lowest BCUT2D eigenvalue weighted by Crippen LogP contribution is -2.37. The number of hydrogen-bond acceptors (Lipinski definition) is 6. The van der Waals surface area contributed by atoms with Crippen molar-refractivity contribution in [2.24, 2.45) is 11.1 Å². The molecular formula is C35H42N4O3. The van der Waals surface area contributed by atoms with Gasteiger partial charge in [0, 0.05) is 32.9 Å². The monoisotopic (exact) mass is 566 g/mol. The highest BCUT2D eigenvalue weighted by Crippen LogP contribution is 2.39. The van der Waals surface area contributed by atoms with Gasteiger partial charge in [-0.1, -0.05) is 66.7 Å². The Kier molecular flexibility index (Phi) is 8.79. The first-order chi connectivity index (χ1) is 20.6. The summed E-state index contributed by atoms with van der Waals surface area (Å²) in [4.78, 5) is 21.7. The molecule has 1 N–H and O–H groups in total. The molecule has 1 saturated carbocycles. The second-order valence-electron chi connectivity index (χ2n) is 12.0. The molecule has 220 valence electrons. The lowest BCUT2D eigenvalue weighted by atomic mass is 9.77. The molecule has 1 aliphatic heterocycles. The predicted molar refractivity (Wildman–Crippen MR) is 168 cm³/mol. The second kappa shape index (κ2) is 12.9. The van der Waals surface area contributed by atoms with Crippen LogP contribution in [0.5, 0.6) is 0 Å². The lowest BCUT2D eigenvalue weighted by molar-refractivity contribution is -0.0449. The van der Waals surface area contributed by atoms with E-state index in [4.69, 9.17) is 14.5 Å². The highest BCUT2D eigenvalue weighted by molar-refractivity contribution is 5.80. The number of hydrogen-bond donors (Lipinski definition) is 1. The van der Waals surface area contributed by atoms with E-state index in [0.29, 0.717) is 24.9 Å². The molecule has 3 aromatic carbocycles. The zero-order chi connectivity index (χ0) is 29.1. The van der Waals surface area contributed by atoms with Gasteiger partial charge in [0.15, 0.2) is 0 Å². The fourth-order valence-electron chi connectivity index (χ4n) is 6.95. The zero-order valence-corrected chi connectivity index (χ0v) is 25.0. The van der Waals surface area contributed by atoms with Gasteiger partial charge < -0.3 is 14.5 Å². The molecule has 3 atom stereocenters. The van der Waals surface area contributed by atoms with Crippen molar-refractivity contribution < 1.29 is 9.47 Å². The van der Waals surface area contributed by atoms with Crippen LogP contribution in [-0.2, 0) is 15.9 Å². The molecule has 6 rings (SSSR count). The molecule has 2 aliphatic rings. The number of aryl methyl sites for hydroxylation is 1. The number of methoxy groups -OCH3 is 2. The molecule has 7 nitrogen and oxygen atoms in total. The first-order valence-corrected chi connectivity index (χ1v) is 15.4. The average Bonchev–Trinajstić information content (AvgIpc) is 3.68. The number of aromatic nitrogens is 2. The molecule has 7 heteroatoms. The fourth-order valence-corrected chi connectivity index (χ4v) is 6.95. The number of aromatic amines is 1. The van der Waals surface area contributed by atoms with Gasteiger partial charge in [0.1, 0.15) is 18.1 Å². The normalized spacial score (nSPS) is 23.8. The number of imidazole rings is 1. The number of nitroso groups, excluding NO2 is 1. The maximum Gasteiger partial charge on any atom is 0.138 e. The van der Waals surface area contributed by atoms with E-state index in [2.05, 4.69) is 88.7 Å². The topological polar surface area (TPSA) is 79.8 Å². The molecule has 3 unspecified atom stereocenters. The number of ether oxygens (including phenoxy) is 2. The Morgan fingerprint density at radius 1 is 0.929 bits per heavy atom. The van der Waals surface area contributed by atoms with Crippen molar-refractivity contribution in [1.82, 2.24) is 14.9 Å². The summed E-state index contributed by atoms with van der Waals surface area (Å²) >= 11 is 0. The van der Waals surface area contributed by atoms with Crippen molar-refractivity contribution in [3.8, 4) is 22.5 Å². The number of fused-ring (bicyclic) bond motifs is 1. The summed E-state index contributed by atoms with van der Waals surface area (Å²) in [6, 6.07) is 24.0. The van der Waals surface area contributed by atoms with Crippen molar-refractivity contribution >= 4 is 11.0 Å². The van der Waals surface area contributed by atoms with Crippen LogP contribution in [0.2, 0.25) is 0 Å². The summed E-state index contributed by atoms with van der Waals surface area (Å²) in [5.74, 6) is 2.15. The summed E-state index contributed by atoms with van der Waals surface area (Å²) in [6.45, 7) is 3.49. The Morgan fingerprint density at radius 2 is 1.62 bits per heavy atom. The van der Waals surface area contributed by atoms with E-state index in [1.165, 1.54) is 47.9 Å². The Bertz CT molecular complexity index is 1470. The number of rotatable bonds is 10. The standard InChI is InChI=1S/C35H42N4O3/c1-4-23-7-18-30-31(19-23)37-35(36-30)29-16-14-28(15-17-29)27-12-10-26(11-13-27)25-8-5-24(6-9-25)20-34(42-3)39-21-32(38-40)33(22-39)41-2/h7,10-19,24-25,32-34H,4-6,8-9,20-22H2,1-3H3,(H,36,37). The summed E-state index contributed by atoms with van der Waals surface area (Å²) < 4.78 is 11.3. The molecule has 0 spiro atoms. The molecule has 0 amide bonds. The van der Waals surface area contributed by atoms with Gasteiger partial charge in [0.25, 0.3) is 0 Å². The zero-order valence-electron chi connectivity index (χ0n) is 25.0. The highest BCUT2D eigenvalue weighted by Gasteiger charge is 2.38. The SMILES string of the molecule is CCc1ccc2nc(-c3ccc(-c4ccc(C5CCC(CC(OC)N6CC(N=O)C(OC)C6)CC5)cc4)cc3)[nH]c2c1. The van der Waals surface area contributed by atoms with Crippen molar-refractivity contribution in [2.45, 2.75) is 69.7 Å². The lowest BCUT2D eigenvalue weighted by Gasteiger charge is -2.34. The van der Waals surface area contributed by atoms with Crippen molar-refractivity contribution in [3.05, 3.63) is 82.8 Å². The Balaban J connectivity index is 1.04. The van der Waals surface area contributed by atoms with Gasteiger partial charge in [-0.25, -0.2) is 4.98 Å². The molecule has 2 fully saturated rings. The fraction of sp³-hybridized carbons (Fsp3) is 0.457. The van der Waals surface area contributed by atoms with Gasteiger partial charge in [-0.3, -0.25) is 4.90 Å². The summed E-state index contributed by atoms with van der Waals surface area (Å²) in [7, 11) is 3.43. The molecule has 0 radical (unpaired) electrons. The molecule has 42 heavy (non-hydrogen) atoms. The van der Waals surface area contributed by atoms with Crippen LogP contribution in [-0.4, -0.2) is 60.6 Å². The first kappa shape index (κ1) is 28.7. The van der Waals surface area contributed by atoms with Crippen LogP contribution in [0.4, 0.5) is 0 Å². The molecule has 1 aliphatic carbocycles. The number of likely N-dealkylation sites (tertiary alicyclic amines) is 1. The molecule has 0 bridgehead atoms. The van der Waals surface area contributed by atoms with Gasteiger partial charge >= 0.3 is 0 Å². The number of benzene rings is 3. The van der Waals surface area contributed by atoms with E-state index in [9.17, 15) is 4.91 Å². The van der Waals surface area contributed by atoms with Crippen LogP contribution in [0.25, 0.3) is 33.5 Å². The van der Waals surface area contributed by atoms with Crippen LogP contribution in [0, 0.1) is 10.8 Å². The maximum atomic E-state index is 11.2. The van der Waals surface area contributed by atoms with E-state index in [0.717, 1.165) is 35.3 Å². The van der Waals surface area contributed by atoms with E-state index < -0.39 is 0 Å². The second-order valence-corrected chi connectivity index (χ2v) is 12.0. The highest BCUT2D eigenvalue weighted by atomic mass is 16.5. The van der Waals surface area contributed by atoms with Gasteiger partial charge in [-0.05, 0) is 84.7 Å². The first-order valence-electron chi connectivity index (χ1n) is 15.4. The molecule has 1 aromatic heterocycles. The Hall–Kier alpha value is -3.39. The summed E-state index contributed by atoms with van der Waals surface area (Å²) in [6.07, 6.45) is 6.69. The summed E-state index contributed by atoms with van der Waals surface area (Å²) in [5.41, 5.74) is 8.40. The van der Waals surface area contributed by atoms with E-state index in [-0.39, 0.29) is 18.4 Å². The molecule has 1 saturated heterocycles. The minimum absolute atomic E-state index is 0.0161. The average molecular weight is 567 g/mol. The van der Waals surface area contributed by atoms with Gasteiger partial charge in [0.05, 0.1) is 17.1 Å². The number of H-pyrrole nitrogens is 1. The third-order valence-corrected chi connectivity index (χ3v) is 9.59. The smallest absolute Gasteiger partial charge is 0.138 e. The van der Waals surface area contributed by atoms with Crippen LogP contribution in [0.15, 0.2) is 71.9 Å². The van der Waals surface area contributed by atoms with E-state index in [1.807, 2.05) is 0 Å². The van der Waals surface area contributed by atoms with Crippen LogP contribution < -0.4 is 0 Å². The Labute approximate surface area is 248 Å². The number of nitrogens with one attached hydrogen (secondary N) is 1. The predicted octanol–water partition coefficient (Wildman–Crippen LogP) is 7.56. The Morgan fingerprint density at radius 3 is 2.24 bits per heavy atom. The van der Waals surface area contributed by atoms with Crippen LogP contribution >= 0.6 is 0 Å². The third kappa shape index (κ3) is 6.05. The largest absolute Gasteiger partial charge is 0.378 e. The van der Waals surface area contributed by atoms with Crippen molar-refractivity contribution in [1.29, 1.82) is 0 Å². The third-order valence-electron chi connectivity index (χ3n) is 9.59. The van der Waals surface area contributed by atoms with Gasteiger partial charge in [0.2, 0.25) is 0 Å². The van der Waals surface area contributed by atoms with Crippen molar-refractivity contribution in [2.75, 3.05) is 27.3 Å². The van der Waals surface area contributed by atoms with Gasteiger partial charge in [-0.15, -0.1) is 0 Å². The van der Waals surface area contributed by atoms with Gasteiger partial charge in [-0.2, -0.15) is 4.91 Å². The van der Waals surface area contributed by atoms with Crippen LogP contribution in [0.3, 0.4) is 0 Å². The number of nitrogens with zero attached hydrogens (tertiary/aromatic N) is 3. The van der Waals surface area contributed by atoms with E-state index in [1.54, 1.807) is 14.2 Å². The van der Waals surface area contributed by atoms with Crippen LogP contribution in [0.1, 0.15) is 56.1 Å².